The molecule has 0 aliphatic heterocycles. The molecule has 14 heavy (non-hydrogen) atoms. The number of aliphatic carboxylic acids is 1. The number of carboxylic acids is 1. The normalized spacial score (nSPS) is 14.0. The first kappa shape index (κ1) is 13.5. The molecule has 0 aliphatic carbocycles. The average Bonchev–Trinajstić information content (AvgIpc) is 2.00. The van der Waals surface area contributed by atoms with E-state index in [1.165, 1.54) is 0 Å². The van der Waals surface area contributed by atoms with Crippen LogP contribution in [0.25, 0.3) is 0 Å². The number of hydrogen-bond acceptors (Lipinski definition) is 2. The number of halogens is 4. The van der Waals surface area contributed by atoms with E-state index in [0.29, 0.717) is 12.3 Å². The molecule has 0 saturated carbocycles. The summed E-state index contributed by atoms with van der Waals surface area (Å²) in [6.07, 6.45) is -6.19. The molecule has 0 bridgehead atoms. The van der Waals surface area contributed by atoms with Crippen molar-refractivity contribution in [1.29, 1.82) is 0 Å². The molecule has 0 fully saturated rings. The van der Waals surface area contributed by atoms with Gasteiger partial charge in [-0.15, -0.1) is 24.8 Å². The third kappa shape index (κ3) is 6.97. The van der Waals surface area contributed by atoms with E-state index < -0.39 is 18.4 Å². The Bertz CT molecular complexity index is 184. The highest BCUT2D eigenvalue weighted by Crippen LogP contribution is 2.21. The molecule has 1 atom stereocenters. The Balaban J connectivity index is 3.97. The van der Waals surface area contributed by atoms with E-state index in [1.54, 1.807) is 0 Å². The zero-order chi connectivity index (χ0) is 11.2. The molecule has 0 amide bonds. The molecule has 1 unspecified atom stereocenters. The zero-order valence-electron chi connectivity index (χ0n) is 7.18. The van der Waals surface area contributed by atoms with Gasteiger partial charge in [-0.2, -0.15) is 0 Å². The summed E-state index contributed by atoms with van der Waals surface area (Å²) >= 11 is 5.29. The number of hydrogen-bond donors (Lipinski definition) is 1. The second-order valence-electron chi connectivity index (χ2n) is 2.58. The monoisotopic (exact) mass is 234 g/mol. The molecular weight excluding hydrogens is 225 g/mol. The lowest BCUT2D eigenvalue weighted by Gasteiger charge is -2.14. The lowest BCUT2D eigenvalue weighted by molar-refractivity contribution is -0.340. The van der Waals surface area contributed by atoms with Crippen LogP contribution in [0, 0.1) is 0 Å². The predicted molar refractivity (Wildman–Crippen MR) is 43.1 cm³/mol. The van der Waals surface area contributed by atoms with Gasteiger partial charge in [0.2, 0.25) is 0 Å². The van der Waals surface area contributed by atoms with Gasteiger partial charge < -0.3 is 5.11 Å². The van der Waals surface area contributed by atoms with Gasteiger partial charge in [0, 0.05) is 5.88 Å². The number of carbonyl (C=O) groups is 1. The Kier molecular flexibility index (Phi) is 5.87. The molecule has 0 radical (unpaired) electrons. The van der Waals surface area contributed by atoms with Crippen molar-refractivity contribution in [3.8, 4) is 0 Å². The maximum atomic E-state index is 11.7. The van der Waals surface area contributed by atoms with Crippen LogP contribution in [0.1, 0.15) is 19.3 Å². The van der Waals surface area contributed by atoms with Gasteiger partial charge in [0.1, 0.15) is 0 Å². The molecule has 0 aromatic rings. The summed E-state index contributed by atoms with van der Waals surface area (Å²) < 4.78 is 38.4. The summed E-state index contributed by atoms with van der Waals surface area (Å²) in [7, 11) is 0. The van der Waals surface area contributed by atoms with Crippen LogP contribution in [0.3, 0.4) is 0 Å². The van der Waals surface area contributed by atoms with Gasteiger partial charge in [0.05, 0.1) is 0 Å². The molecule has 3 nitrogen and oxygen atoms in total. The number of rotatable bonds is 6. The largest absolute Gasteiger partial charge is 0.523 e. The molecule has 0 saturated heterocycles. The molecular formula is C7H10ClF3O3. The van der Waals surface area contributed by atoms with E-state index in [9.17, 15) is 18.0 Å². The smallest absolute Gasteiger partial charge is 0.479 e. The van der Waals surface area contributed by atoms with Crippen LogP contribution in [-0.4, -0.2) is 29.4 Å². The van der Waals surface area contributed by atoms with Gasteiger partial charge in [-0.05, 0) is 19.3 Å². The van der Waals surface area contributed by atoms with Gasteiger partial charge in [-0.1, -0.05) is 0 Å². The summed E-state index contributed by atoms with van der Waals surface area (Å²) in [5, 5.41) is 8.38. The SMILES string of the molecule is O=C(O)C(CCCCCl)OC(F)(F)F. The fourth-order valence-electron chi connectivity index (χ4n) is 0.818. The minimum Gasteiger partial charge on any atom is -0.479 e. The van der Waals surface area contributed by atoms with Crippen LogP contribution in [0.4, 0.5) is 13.2 Å². The number of unbranched alkanes of at least 4 members (excludes halogenated alkanes) is 1. The second-order valence-corrected chi connectivity index (χ2v) is 2.95. The summed E-state index contributed by atoms with van der Waals surface area (Å²) in [6.45, 7) is 0. The zero-order valence-corrected chi connectivity index (χ0v) is 7.94. The standard InChI is InChI=1S/C7H10ClF3O3/c8-4-2-1-3-5(6(12)13)14-7(9,10)11/h5H,1-4H2,(H,12,13). The van der Waals surface area contributed by atoms with Crippen molar-refractivity contribution in [2.45, 2.75) is 31.7 Å². The van der Waals surface area contributed by atoms with Gasteiger partial charge in [-0.3, -0.25) is 4.74 Å². The van der Waals surface area contributed by atoms with Crippen molar-refractivity contribution in [2.24, 2.45) is 0 Å². The maximum Gasteiger partial charge on any atom is 0.523 e. The van der Waals surface area contributed by atoms with Crippen molar-refractivity contribution < 1.29 is 27.8 Å². The number of alkyl halides is 4. The lowest BCUT2D eigenvalue weighted by Crippen LogP contribution is -2.30. The summed E-state index contributed by atoms with van der Waals surface area (Å²) in [6, 6.07) is 0. The van der Waals surface area contributed by atoms with Crippen molar-refractivity contribution in [1.82, 2.24) is 0 Å². The van der Waals surface area contributed by atoms with Crippen LogP contribution in [0.5, 0.6) is 0 Å². The van der Waals surface area contributed by atoms with Crippen molar-refractivity contribution in [2.75, 3.05) is 5.88 Å². The first-order chi connectivity index (χ1) is 6.37. The van der Waals surface area contributed by atoms with Crippen LogP contribution < -0.4 is 0 Å². The molecule has 0 rings (SSSR count). The molecule has 0 aromatic heterocycles. The molecule has 7 heteroatoms. The summed E-state index contributed by atoms with van der Waals surface area (Å²) in [5.41, 5.74) is 0. The molecule has 0 spiro atoms. The van der Waals surface area contributed by atoms with E-state index in [4.69, 9.17) is 16.7 Å². The van der Waals surface area contributed by atoms with Crippen molar-refractivity contribution >= 4 is 17.6 Å². The highest BCUT2D eigenvalue weighted by Gasteiger charge is 2.36. The lowest BCUT2D eigenvalue weighted by atomic mass is 10.1. The van der Waals surface area contributed by atoms with E-state index in [2.05, 4.69) is 4.74 Å². The Morgan fingerprint density at radius 2 is 2.00 bits per heavy atom. The van der Waals surface area contributed by atoms with Gasteiger partial charge >= 0.3 is 12.3 Å². The predicted octanol–water partition coefficient (Wildman–Crippen LogP) is 2.39. The highest BCUT2D eigenvalue weighted by atomic mass is 35.5. The van der Waals surface area contributed by atoms with Crippen molar-refractivity contribution in [3.63, 3.8) is 0 Å². The Hall–Kier alpha value is -0.490. The van der Waals surface area contributed by atoms with Gasteiger partial charge in [0.25, 0.3) is 0 Å². The van der Waals surface area contributed by atoms with Crippen LogP contribution >= 0.6 is 11.6 Å². The minimum atomic E-state index is -4.91. The summed E-state index contributed by atoms with van der Waals surface area (Å²) in [4.78, 5) is 10.3. The van der Waals surface area contributed by atoms with Crippen LogP contribution in [-0.2, 0) is 9.53 Å². The topological polar surface area (TPSA) is 46.5 Å². The van der Waals surface area contributed by atoms with Crippen LogP contribution in [0.2, 0.25) is 0 Å². The second kappa shape index (κ2) is 6.08. The molecule has 0 heterocycles. The fourth-order valence-corrected chi connectivity index (χ4v) is 1.01. The molecule has 84 valence electrons. The first-order valence-corrected chi connectivity index (χ1v) is 4.43. The van der Waals surface area contributed by atoms with E-state index in [0.717, 1.165) is 0 Å². The summed E-state index contributed by atoms with van der Waals surface area (Å²) in [5.74, 6) is -1.32. The quantitative estimate of drug-likeness (QED) is 0.567. The third-order valence-corrected chi connectivity index (χ3v) is 1.67. The van der Waals surface area contributed by atoms with Crippen LogP contribution in [0.15, 0.2) is 0 Å². The minimum absolute atomic E-state index is 0.193. The van der Waals surface area contributed by atoms with Crippen molar-refractivity contribution in [3.05, 3.63) is 0 Å². The molecule has 0 aliphatic rings. The average molecular weight is 235 g/mol. The number of carboxylic acid groups (broad SMARTS) is 1. The molecule has 1 N–H and O–H groups in total. The van der Waals surface area contributed by atoms with E-state index in [-0.39, 0.29) is 12.8 Å². The fraction of sp³-hybridized carbons (Fsp3) is 0.857. The van der Waals surface area contributed by atoms with E-state index >= 15 is 0 Å². The van der Waals surface area contributed by atoms with Gasteiger partial charge in [0.15, 0.2) is 6.10 Å². The van der Waals surface area contributed by atoms with E-state index in [1.807, 2.05) is 0 Å². The maximum absolute atomic E-state index is 11.7. The Morgan fingerprint density at radius 3 is 2.36 bits per heavy atom. The number of ether oxygens (including phenoxy) is 1. The molecule has 0 aromatic carbocycles. The highest BCUT2D eigenvalue weighted by molar-refractivity contribution is 6.17. The third-order valence-electron chi connectivity index (χ3n) is 1.40. The Labute approximate surface area is 83.8 Å². The van der Waals surface area contributed by atoms with Gasteiger partial charge in [-0.25, -0.2) is 4.79 Å². The first-order valence-electron chi connectivity index (χ1n) is 3.90. The Morgan fingerprint density at radius 1 is 1.43 bits per heavy atom.